The molecule has 0 aliphatic heterocycles. The Labute approximate surface area is 132 Å². The number of nitrogens with one attached hydrogen (secondary N) is 1. The zero-order valence-electron chi connectivity index (χ0n) is 13.1. The number of nitrogens with zero attached hydrogens (tertiary/aromatic N) is 3. The number of rotatable bonds is 6. The number of aromatic amines is 1. The molecule has 0 bridgehead atoms. The molecular formula is C16H18N4O3. The quantitative estimate of drug-likeness (QED) is 0.702. The lowest BCUT2D eigenvalue weighted by Crippen LogP contribution is -2.18. The number of H-pyrrole nitrogens is 1. The van der Waals surface area contributed by atoms with Crippen molar-refractivity contribution >= 4 is 11.3 Å². The number of fused-ring (bicyclic) bond motifs is 1. The topological polar surface area (TPSA) is 82.0 Å². The summed E-state index contributed by atoms with van der Waals surface area (Å²) in [6.07, 6.45) is 2.36. The number of hydrogen-bond acceptors (Lipinski definition) is 5. The largest absolute Gasteiger partial charge is 0.496 e. The van der Waals surface area contributed by atoms with Crippen LogP contribution in [0.5, 0.6) is 5.75 Å². The van der Waals surface area contributed by atoms with Crippen LogP contribution in [-0.2, 0) is 11.3 Å². The Balaban J connectivity index is 2.07. The highest BCUT2D eigenvalue weighted by Gasteiger charge is 2.13. The molecule has 120 valence electrons. The van der Waals surface area contributed by atoms with Crippen molar-refractivity contribution in [3.8, 4) is 17.0 Å². The van der Waals surface area contributed by atoms with Crippen molar-refractivity contribution < 1.29 is 9.47 Å². The maximum atomic E-state index is 12.1. The molecular weight excluding hydrogens is 296 g/mol. The minimum absolute atomic E-state index is 0.215. The smallest absolute Gasteiger partial charge is 0.328 e. The maximum absolute atomic E-state index is 12.1. The van der Waals surface area contributed by atoms with Gasteiger partial charge in [0.2, 0.25) is 0 Å². The Bertz CT molecular complexity index is 869. The number of imidazole rings is 1. The highest BCUT2D eigenvalue weighted by Crippen LogP contribution is 2.28. The van der Waals surface area contributed by atoms with Crippen LogP contribution in [0.2, 0.25) is 0 Å². The molecule has 2 aromatic heterocycles. The van der Waals surface area contributed by atoms with Gasteiger partial charge in [0, 0.05) is 25.8 Å². The van der Waals surface area contributed by atoms with E-state index in [1.54, 1.807) is 25.0 Å². The Morgan fingerprint density at radius 2 is 2.09 bits per heavy atom. The molecule has 0 amide bonds. The molecule has 7 heteroatoms. The fourth-order valence-corrected chi connectivity index (χ4v) is 2.48. The van der Waals surface area contributed by atoms with Gasteiger partial charge in [-0.25, -0.2) is 14.8 Å². The first-order valence-corrected chi connectivity index (χ1v) is 7.32. The number of benzene rings is 1. The molecule has 0 spiro atoms. The summed E-state index contributed by atoms with van der Waals surface area (Å²) in [4.78, 5) is 23.7. The summed E-state index contributed by atoms with van der Waals surface area (Å²) >= 11 is 0. The van der Waals surface area contributed by atoms with Gasteiger partial charge in [0.1, 0.15) is 5.75 Å². The number of ether oxygens (including phenoxy) is 2. The number of para-hydroxylation sites is 1. The second-order valence-corrected chi connectivity index (χ2v) is 5.06. The minimum Gasteiger partial charge on any atom is -0.496 e. The third kappa shape index (κ3) is 2.95. The average molecular weight is 314 g/mol. The minimum atomic E-state index is -0.215. The van der Waals surface area contributed by atoms with Gasteiger partial charge in [-0.15, -0.1) is 0 Å². The molecule has 23 heavy (non-hydrogen) atoms. The van der Waals surface area contributed by atoms with Gasteiger partial charge in [0.05, 0.1) is 19.0 Å². The van der Waals surface area contributed by atoms with E-state index < -0.39 is 0 Å². The van der Waals surface area contributed by atoms with Crippen LogP contribution < -0.4 is 10.4 Å². The van der Waals surface area contributed by atoms with Crippen LogP contribution in [0.15, 0.2) is 35.3 Å². The molecule has 3 aromatic rings. The number of aromatic nitrogens is 4. The predicted molar refractivity (Wildman–Crippen MR) is 86.6 cm³/mol. The fraction of sp³-hybridized carbons (Fsp3) is 0.312. The molecule has 2 heterocycles. The summed E-state index contributed by atoms with van der Waals surface area (Å²) < 4.78 is 12.0. The fourth-order valence-electron chi connectivity index (χ4n) is 2.48. The average Bonchev–Trinajstić information content (AvgIpc) is 2.90. The normalized spacial score (nSPS) is 11.0. The summed E-state index contributed by atoms with van der Waals surface area (Å²) in [5.41, 5.74) is 2.30. The van der Waals surface area contributed by atoms with Gasteiger partial charge in [-0.05, 0) is 18.6 Å². The lowest BCUT2D eigenvalue weighted by molar-refractivity contribution is 0.190. The van der Waals surface area contributed by atoms with Crippen LogP contribution in [0, 0.1) is 0 Å². The number of hydrogen-bond donors (Lipinski definition) is 1. The third-order valence-corrected chi connectivity index (χ3v) is 3.59. The van der Waals surface area contributed by atoms with E-state index in [-0.39, 0.29) is 5.69 Å². The van der Waals surface area contributed by atoms with Gasteiger partial charge in [-0.2, -0.15) is 0 Å². The third-order valence-electron chi connectivity index (χ3n) is 3.59. The molecule has 0 fully saturated rings. The van der Waals surface area contributed by atoms with Gasteiger partial charge in [-0.1, -0.05) is 12.1 Å². The second kappa shape index (κ2) is 6.62. The molecule has 0 aliphatic rings. The van der Waals surface area contributed by atoms with Gasteiger partial charge in [0.25, 0.3) is 0 Å². The molecule has 7 nitrogen and oxygen atoms in total. The van der Waals surface area contributed by atoms with Crippen molar-refractivity contribution in [3.05, 3.63) is 40.9 Å². The van der Waals surface area contributed by atoms with Gasteiger partial charge in [0.15, 0.2) is 11.3 Å². The Kier molecular flexibility index (Phi) is 4.38. The Morgan fingerprint density at radius 3 is 2.87 bits per heavy atom. The molecule has 0 unspecified atom stereocenters. The van der Waals surface area contributed by atoms with Crippen molar-refractivity contribution in [2.75, 3.05) is 20.8 Å². The first-order chi connectivity index (χ1) is 11.2. The maximum Gasteiger partial charge on any atom is 0.328 e. The number of methoxy groups -OCH3 is 2. The summed E-state index contributed by atoms with van der Waals surface area (Å²) in [5, 5.41) is 0. The monoisotopic (exact) mass is 314 g/mol. The van der Waals surface area contributed by atoms with Gasteiger partial charge < -0.3 is 9.47 Å². The van der Waals surface area contributed by atoms with Crippen LogP contribution in [0.3, 0.4) is 0 Å². The van der Waals surface area contributed by atoms with Crippen LogP contribution in [0.4, 0.5) is 0 Å². The zero-order chi connectivity index (χ0) is 16.2. The first-order valence-electron chi connectivity index (χ1n) is 7.32. The van der Waals surface area contributed by atoms with Crippen LogP contribution >= 0.6 is 0 Å². The van der Waals surface area contributed by atoms with Crippen LogP contribution in [0.1, 0.15) is 6.42 Å². The molecule has 1 N–H and O–H groups in total. The highest BCUT2D eigenvalue weighted by molar-refractivity contribution is 5.73. The van der Waals surface area contributed by atoms with E-state index in [4.69, 9.17) is 9.47 Å². The van der Waals surface area contributed by atoms with E-state index in [1.165, 1.54) is 0 Å². The van der Waals surface area contributed by atoms with Crippen molar-refractivity contribution in [1.29, 1.82) is 0 Å². The van der Waals surface area contributed by atoms with E-state index in [2.05, 4.69) is 15.0 Å². The second-order valence-electron chi connectivity index (χ2n) is 5.06. The standard InChI is InChI=1S/C16H18N4O3/c1-22-9-5-8-20-15-14(19-16(20)21)17-10-12(18-15)11-6-3-4-7-13(11)23-2/h3-4,6-7,10H,5,8-9H2,1-2H3,(H,17,19,21). The van der Waals surface area contributed by atoms with Crippen molar-refractivity contribution in [3.63, 3.8) is 0 Å². The molecule has 0 saturated carbocycles. The number of aryl methyl sites for hydroxylation is 1. The first kappa shape index (κ1) is 15.2. The van der Waals surface area contributed by atoms with E-state index in [0.29, 0.717) is 35.9 Å². The van der Waals surface area contributed by atoms with Crippen molar-refractivity contribution in [2.24, 2.45) is 0 Å². The van der Waals surface area contributed by atoms with E-state index >= 15 is 0 Å². The molecule has 0 aliphatic carbocycles. The van der Waals surface area contributed by atoms with Crippen LogP contribution in [0.25, 0.3) is 22.6 Å². The lowest BCUT2D eigenvalue weighted by Gasteiger charge is -2.08. The molecule has 0 radical (unpaired) electrons. The zero-order valence-corrected chi connectivity index (χ0v) is 13.1. The van der Waals surface area contributed by atoms with E-state index in [9.17, 15) is 4.79 Å². The predicted octanol–water partition coefficient (Wildman–Crippen LogP) is 1.83. The van der Waals surface area contributed by atoms with Crippen LogP contribution in [-0.4, -0.2) is 40.3 Å². The Hall–Kier alpha value is -2.67. The summed E-state index contributed by atoms with van der Waals surface area (Å²) in [6.45, 7) is 1.11. The SMILES string of the molecule is COCCCn1c(=O)[nH]c2ncc(-c3ccccc3OC)nc21. The van der Waals surface area contributed by atoms with E-state index in [1.807, 2.05) is 24.3 Å². The summed E-state index contributed by atoms with van der Waals surface area (Å²) in [6, 6.07) is 7.58. The summed E-state index contributed by atoms with van der Waals surface area (Å²) in [5.74, 6) is 0.713. The summed E-state index contributed by atoms with van der Waals surface area (Å²) in [7, 11) is 3.25. The molecule has 0 saturated heterocycles. The molecule has 3 rings (SSSR count). The highest BCUT2D eigenvalue weighted by atomic mass is 16.5. The Morgan fingerprint density at radius 1 is 1.26 bits per heavy atom. The van der Waals surface area contributed by atoms with E-state index in [0.717, 1.165) is 12.0 Å². The lowest BCUT2D eigenvalue weighted by atomic mass is 10.1. The van der Waals surface area contributed by atoms with Gasteiger partial charge >= 0.3 is 5.69 Å². The molecule has 1 aromatic carbocycles. The van der Waals surface area contributed by atoms with Crippen molar-refractivity contribution in [2.45, 2.75) is 13.0 Å². The molecule has 0 atom stereocenters. The van der Waals surface area contributed by atoms with Crippen molar-refractivity contribution in [1.82, 2.24) is 19.5 Å². The van der Waals surface area contributed by atoms with Gasteiger partial charge in [-0.3, -0.25) is 9.55 Å².